The van der Waals surface area contributed by atoms with Crippen LogP contribution in [0, 0.1) is 0 Å². The van der Waals surface area contributed by atoms with E-state index in [4.69, 9.17) is 5.10 Å². The van der Waals surface area contributed by atoms with Crippen molar-refractivity contribution in [2.24, 2.45) is 0 Å². The summed E-state index contributed by atoms with van der Waals surface area (Å²) >= 11 is 0. The van der Waals surface area contributed by atoms with Gasteiger partial charge in [0.2, 0.25) is 0 Å². The van der Waals surface area contributed by atoms with Gasteiger partial charge in [0.05, 0.1) is 5.69 Å². The summed E-state index contributed by atoms with van der Waals surface area (Å²) in [5.74, 6) is 0.718. The van der Waals surface area contributed by atoms with Gasteiger partial charge < -0.3 is 5.32 Å². The third-order valence-electron chi connectivity index (χ3n) is 4.31. The Kier molecular flexibility index (Phi) is 3.19. The van der Waals surface area contributed by atoms with Gasteiger partial charge in [0, 0.05) is 18.2 Å². The Balaban J connectivity index is 1.95. The van der Waals surface area contributed by atoms with Gasteiger partial charge in [-0.15, -0.1) is 0 Å². The Labute approximate surface area is 104 Å². The normalized spacial score (nSPS) is 21.5. The van der Waals surface area contributed by atoms with Crippen molar-refractivity contribution in [2.45, 2.75) is 57.9 Å². The van der Waals surface area contributed by atoms with Crippen LogP contribution in [0.4, 0.5) is 0 Å². The molecule has 0 saturated carbocycles. The molecule has 1 aliphatic carbocycles. The Morgan fingerprint density at radius 2 is 2.00 bits per heavy atom. The molecule has 0 atom stereocenters. The molecule has 1 fully saturated rings. The summed E-state index contributed by atoms with van der Waals surface area (Å²) in [5, 5.41) is 8.37. The van der Waals surface area contributed by atoms with E-state index in [0.29, 0.717) is 0 Å². The molecule has 1 aromatic heterocycles. The lowest BCUT2D eigenvalue weighted by atomic mass is 9.87. The van der Waals surface area contributed by atoms with Gasteiger partial charge in [-0.2, -0.15) is 5.10 Å². The minimum atomic E-state index is 0.718. The SMILES string of the molecule is CCn1nc(C2CCNCC2)c2c1CCCC2. The number of fused-ring (bicyclic) bond motifs is 1. The van der Waals surface area contributed by atoms with Crippen LogP contribution in [0.3, 0.4) is 0 Å². The van der Waals surface area contributed by atoms with Crippen LogP contribution < -0.4 is 5.32 Å². The molecular weight excluding hydrogens is 210 g/mol. The van der Waals surface area contributed by atoms with Gasteiger partial charge in [0.1, 0.15) is 0 Å². The third kappa shape index (κ3) is 2.01. The van der Waals surface area contributed by atoms with Crippen LogP contribution in [-0.2, 0) is 19.4 Å². The van der Waals surface area contributed by atoms with E-state index < -0.39 is 0 Å². The lowest BCUT2D eigenvalue weighted by Crippen LogP contribution is -2.27. The maximum absolute atomic E-state index is 4.92. The zero-order chi connectivity index (χ0) is 11.7. The predicted molar refractivity (Wildman–Crippen MR) is 69.4 cm³/mol. The van der Waals surface area contributed by atoms with Crippen molar-refractivity contribution < 1.29 is 0 Å². The van der Waals surface area contributed by atoms with Crippen LogP contribution in [-0.4, -0.2) is 22.9 Å². The molecule has 2 aliphatic rings. The monoisotopic (exact) mass is 233 g/mol. The topological polar surface area (TPSA) is 29.9 Å². The molecule has 0 aromatic carbocycles. The summed E-state index contributed by atoms with van der Waals surface area (Å²) in [4.78, 5) is 0. The van der Waals surface area contributed by atoms with E-state index >= 15 is 0 Å². The van der Waals surface area contributed by atoms with Gasteiger partial charge in [0.25, 0.3) is 0 Å². The smallest absolute Gasteiger partial charge is 0.0691 e. The van der Waals surface area contributed by atoms with Gasteiger partial charge in [-0.3, -0.25) is 4.68 Å². The highest BCUT2D eigenvalue weighted by atomic mass is 15.3. The highest BCUT2D eigenvalue weighted by Crippen LogP contribution is 2.32. The highest BCUT2D eigenvalue weighted by Gasteiger charge is 2.26. The van der Waals surface area contributed by atoms with Gasteiger partial charge in [0.15, 0.2) is 0 Å². The summed E-state index contributed by atoms with van der Waals surface area (Å²) in [5.41, 5.74) is 4.61. The van der Waals surface area contributed by atoms with Crippen molar-refractivity contribution in [2.75, 3.05) is 13.1 Å². The molecule has 2 heterocycles. The van der Waals surface area contributed by atoms with Gasteiger partial charge in [-0.25, -0.2) is 0 Å². The first kappa shape index (κ1) is 11.3. The van der Waals surface area contributed by atoms with Crippen molar-refractivity contribution in [3.8, 4) is 0 Å². The molecule has 0 amide bonds. The molecule has 17 heavy (non-hydrogen) atoms. The maximum Gasteiger partial charge on any atom is 0.0691 e. The number of aromatic nitrogens is 2. The number of nitrogens with zero attached hydrogens (tertiary/aromatic N) is 2. The van der Waals surface area contributed by atoms with Crippen LogP contribution in [0.25, 0.3) is 0 Å². The molecule has 3 nitrogen and oxygen atoms in total. The fraction of sp³-hybridized carbons (Fsp3) is 0.786. The summed E-state index contributed by atoms with van der Waals surface area (Å²) in [6.07, 6.45) is 7.78. The molecular formula is C14H23N3. The van der Waals surface area contributed by atoms with E-state index in [9.17, 15) is 0 Å². The first-order valence-electron chi connectivity index (χ1n) is 7.19. The highest BCUT2D eigenvalue weighted by molar-refractivity contribution is 5.31. The summed E-state index contributed by atoms with van der Waals surface area (Å²) < 4.78 is 2.27. The van der Waals surface area contributed by atoms with E-state index in [0.717, 1.165) is 12.5 Å². The van der Waals surface area contributed by atoms with Crippen molar-refractivity contribution in [1.29, 1.82) is 0 Å². The minimum absolute atomic E-state index is 0.718. The van der Waals surface area contributed by atoms with Crippen LogP contribution in [0.5, 0.6) is 0 Å². The zero-order valence-corrected chi connectivity index (χ0v) is 10.8. The fourth-order valence-corrected chi connectivity index (χ4v) is 3.39. The van der Waals surface area contributed by atoms with Crippen molar-refractivity contribution in [3.05, 3.63) is 17.0 Å². The Morgan fingerprint density at radius 3 is 2.76 bits per heavy atom. The number of aryl methyl sites for hydroxylation is 1. The maximum atomic E-state index is 4.92. The molecule has 0 unspecified atom stereocenters. The molecule has 3 rings (SSSR count). The Hall–Kier alpha value is -0.830. The van der Waals surface area contributed by atoms with Gasteiger partial charge in [-0.1, -0.05) is 0 Å². The third-order valence-corrected chi connectivity index (χ3v) is 4.31. The fourth-order valence-electron chi connectivity index (χ4n) is 3.39. The summed E-state index contributed by atoms with van der Waals surface area (Å²) in [6.45, 7) is 5.58. The number of piperidine rings is 1. The number of hydrogen-bond acceptors (Lipinski definition) is 2. The van der Waals surface area contributed by atoms with Crippen LogP contribution in [0.15, 0.2) is 0 Å². The molecule has 94 valence electrons. The minimum Gasteiger partial charge on any atom is -0.317 e. The van der Waals surface area contributed by atoms with E-state index in [-0.39, 0.29) is 0 Å². The molecule has 1 saturated heterocycles. The quantitative estimate of drug-likeness (QED) is 0.849. The molecule has 1 N–H and O–H groups in total. The molecule has 0 spiro atoms. The Morgan fingerprint density at radius 1 is 1.24 bits per heavy atom. The predicted octanol–water partition coefficient (Wildman–Crippen LogP) is 2.25. The average Bonchev–Trinajstić information content (AvgIpc) is 2.78. The van der Waals surface area contributed by atoms with Crippen LogP contribution in [0.1, 0.15) is 55.5 Å². The van der Waals surface area contributed by atoms with Crippen molar-refractivity contribution in [3.63, 3.8) is 0 Å². The lowest BCUT2D eigenvalue weighted by Gasteiger charge is -2.22. The van der Waals surface area contributed by atoms with Crippen LogP contribution in [0.2, 0.25) is 0 Å². The molecule has 0 radical (unpaired) electrons. The second-order valence-corrected chi connectivity index (χ2v) is 5.36. The van der Waals surface area contributed by atoms with Crippen molar-refractivity contribution >= 4 is 0 Å². The zero-order valence-electron chi connectivity index (χ0n) is 10.8. The van der Waals surface area contributed by atoms with Gasteiger partial charge >= 0.3 is 0 Å². The first-order chi connectivity index (χ1) is 8.40. The lowest BCUT2D eigenvalue weighted by molar-refractivity contribution is 0.446. The van der Waals surface area contributed by atoms with Crippen molar-refractivity contribution in [1.82, 2.24) is 15.1 Å². The largest absolute Gasteiger partial charge is 0.317 e. The van der Waals surface area contributed by atoms with E-state index in [2.05, 4.69) is 16.9 Å². The number of rotatable bonds is 2. The molecule has 0 bridgehead atoms. The first-order valence-corrected chi connectivity index (χ1v) is 7.19. The van der Waals surface area contributed by atoms with Crippen LogP contribution >= 0.6 is 0 Å². The molecule has 1 aromatic rings. The Bertz CT molecular complexity index is 388. The molecule has 3 heteroatoms. The van der Waals surface area contributed by atoms with Gasteiger partial charge in [-0.05, 0) is 64.1 Å². The van der Waals surface area contributed by atoms with E-state index in [1.165, 1.54) is 57.3 Å². The molecule has 1 aliphatic heterocycles. The average molecular weight is 233 g/mol. The number of hydrogen-bond donors (Lipinski definition) is 1. The van der Waals surface area contributed by atoms with E-state index in [1.54, 1.807) is 11.3 Å². The van der Waals surface area contributed by atoms with E-state index in [1.807, 2.05) is 0 Å². The second kappa shape index (κ2) is 4.81. The second-order valence-electron chi connectivity index (χ2n) is 5.36. The number of nitrogens with one attached hydrogen (secondary N) is 1. The summed E-state index contributed by atoms with van der Waals surface area (Å²) in [7, 11) is 0. The summed E-state index contributed by atoms with van der Waals surface area (Å²) in [6, 6.07) is 0. The standard InChI is InChI=1S/C14H23N3/c1-2-17-13-6-4-3-5-12(13)14(16-17)11-7-9-15-10-8-11/h11,15H,2-10H2,1H3.